The maximum Gasteiger partial charge on any atom is 0.253 e. The van der Waals surface area contributed by atoms with Crippen LogP contribution in [0.2, 0.25) is 0 Å². The van der Waals surface area contributed by atoms with Gasteiger partial charge in [0.05, 0.1) is 0 Å². The van der Waals surface area contributed by atoms with Gasteiger partial charge in [0.15, 0.2) is 0 Å². The first-order valence-corrected chi connectivity index (χ1v) is 9.92. The van der Waals surface area contributed by atoms with E-state index in [0.29, 0.717) is 6.54 Å². The van der Waals surface area contributed by atoms with E-state index in [0.717, 1.165) is 36.5 Å². The Kier molecular flexibility index (Phi) is 5.91. The normalized spacial score (nSPS) is 31.0. The molecule has 0 radical (unpaired) electrons. The number of carbonyl (C=O) groups is 2. The Morgan fingerprint density at radius 2 is 1.46 bits per heavy atom. The van der Waals surface area contributed by atoms with Crippen molar-refractivity contribution in [2.24, 2.45) is 23.7 Å². The Morgan fingerprint density at radius 3 is 2.04 bits per heavy atom. The Hall–Kier alpha value is -1.38. The molecule has 4 unspecified atom stereocenters. The summed E-state index contributed by atoms with van der Waals surface area (Å²) in [5.74, 6) is 3.06. The highest BCUT2D eigenvalue weighted by atomic mass is 16.2. The monoisotopic (exact) mass is 329 g/mol. The van der Waals surface area contributed by atoms with Crippen molar-refractivity contribution in [3.05, 3.63) is 24.3 Å². The number of imide groups is 1. The number of hydrogen-bond donors (Lipinski definition) is 0. The fourth-order valence-electron chi connectivity index (χ4n) is 4.99. The first kappa shape index (κ1) is 17.4. The Labute approximate surface area is 146 Å². The van der Waals surface area contributed by atoms with Crippen molar-refractivity contribution >= 4 is 11.8 Å². The highest BCUT2D eigenvalue weighted by molar-refractivity contribution is 6.12. The van der Waals surface area contributed by atoms with Crippen LogP contribution < -0.4 is 0 Å². The molecule has 132 valence electrons. The summed E-state index contributed by atoms with van der Waals surface area (Å²) in [4.78, 5) is 24.5. The highest BCUT2D eigenvalue weighted by Crippen LogP contribution is 2.51. The fourth-order valence-corrected chi connectivity index (χ4v) is 4.99. The lowest BCUT2D eigenvalue weighted by atomic mass is 9.77. The Balaban J connectivity index is 1.41. The minimum atomic E-state index is -0.142. The summed E-state index contributed by atoms with van der Waals surface area (Å²) < 4.78 is 0. The zero-order valence-electron chi connectivity index (χ0n) is 15.0. The predicted molar refractivity (Wildman–Crippen MR) is 96.2 cm³/mol. The van der Waals surface area contributed by atoms with Gasteiger partial charge in [0.25, 0.3) is 11.8 Å². The van der Waals surface area contributed by atoms with E-state index < -0.39 is 0 Å². The molecule has 3 aliphatic rings. The molecule has 0 aromatic rings. The molecule has 0 N–H and O–H groups in total. The zero-order valence-corrected chi connectivity index (χ0v) is 15.0. The lowest BCUT2D eigenvalue weighted by Gasteiger charge is -2.28. The summed E-state index contributed by atoms with van der Waals surface area (Å²) in [5.41, 5.74) is 0. The van der Waals surface area contributed by atoms with Crippen LogP contribution in [0.1, 0.15) is 64.7 Å². The Morgan fingerprint density at radius 1 is 0.875 bits per heavy atom. The van der Waals surface area contributed by atoms with Gasteiger partial charge in [-0.3, -0.25) is 14.5 Å². The van der Waals surface area contributed by atoms with E-state index in [1.807, 2.05) is 0 Å². The third-order valence-electron chi connectivity index (χ3n) is 6.26. The van der Waals surface area contributed by atoms with Crippen LogP contribution in [0.5, 0.6) is 0 Å². The maximum absolute atomic E-state index is 11.6. The summed E-state index contributed by atoms with van der Waals surface area (Å²) in [6, 6.07) is 0. The first-order chi connectivity index (χ1) is 11.7. The molecular weight excluding hydrogens is 298 g/mol. The Bertz CT molecular complexity index is 504. The van der Waals surface area contributed by atoms with Crippen LogP contribution in [0.4, 0.5) is 0 Å². The van der Waals surface area contributed by atoms with Gasteiger partial charge >= 0.3 is 0 Å². The van der Waals surface area contributed by atoms with Gasteiger partial charge in [-0.1, -0.05) is 51.2 Å². The molecule has 1 saturated carbocycles. The second-order valence-electron chi connectivity index (χ2n) is 7.78. The molecule has 24 heavy (non-hydrogen) atoms. The number of allylic oxidation sites excluding steroid dienone is 2. The maximum atomic E-state index is 11.6. The van der Waals surface area contributed by atoms with Gasteiger partial charge in [0.2, 0.25) is 0 Å². The smallest absolute Gasteiger partial charge is 0.253 e. The number of hydrogen-bond acceptors (Lipinski definition) is 2. The molecule has 3 heteroatoms. The summed E-state index contributed by atoms with van der Waals surface area (Å²) >= 11 is 0. The lowest BCUT2D eigenvalue weighted by molar-refractivity contribution is -0.136. The molecule has 2 amide bonds. The average Bonchev–Trinajstić information content (AvgIpc) is 3.26. The summed E-state index contributed by atoms with van der Waals surface area (Å²) in [7, 11) is 0. The van der Waals surface area contributed by atoms with Gasteiger partial charge < -0.3 is 0 Å². The van der Waals surface area contributed by atoms with Crippen LogP contribution in [0, 0.1) is 23.7 Å². The van der Waals surface area contributed by atoms with E-state index in [2.05, 4.69) is 19.1 Å². The molecule has 4 atom stereocenters. The van der Waals surface area contributed by atoms with Crippen molar-refractivity contribution in [3.63, 3.8) is 0 Å². The molecule has 2 aliphatic carbocycles. The fraction of sp³-hybridized carbons (Fsp3) is 0.714. The average molecular weight is 329 g/mol. The van der Waals surface area contributed by atoms with E-state index in [1.165, 1.54) is 62.0 Å². The molecular formula is C21H31NO2. The SMILES string of the molecule is CCCCCCC1C2C=CC(C2)C1CCCCN1C(=O)C=CC1=O. The minimum Gasteiger partial charge on any atom is -0.275 e. The second-order valence-corrected chi connectivity index (χ2v) is 7.78. The molecule has 0 aromatic heterocycles. The number of unbranched alkanes of at least 4 members (excludes halogenated alkanes) is 4. The van der Waals surface area contributed by atoms with Crippen LogP contribution in [0.3, 0.4) is 0 Å². The number of nitrogens with zero attached hydrogens (tertiary/aromatic N) is 1. The van der Waals surface area contributed by atoms with E-state index in [-0.39, 0.29) is 11.8 Å². The standard InChI is InChI=1S/C21H31NO2/c1-2-3-4-5-8-18-16-10-11-17(15-16)19(18)9-6-7-14-22-20(23)12-13-21(22)24/h10-13,16-19H,2-9,14-15H2,1H3. The molecule has 1 fully saturated rings. The van der Waals surface area contributed by atoms with E-state index in [1.54, 1.807) is 0 Å². The number of amides is 2. The molecule has 1 heterocycles. The zero-order chi connectivity index (χ0) is 16.9. The van der Waals surface area contributed by atoms with Gasteiger partial charge in [-0.2, -0.15) is 0 Å². The van der Waals surface area contributed by atoms with E-state index in [9.17, 15) is 9.59 Å². The summed E-state index contributed by atoms with van der Waals surface area (Å²) in [6.45, 7) is 2.86. The van der Waals surface area contributed by atoms with Gasteiger partial charge in [0, 0.05) is 18.7 Å². The van der Waals surface area contributed by atoms with Crippen LogP contribution in [-0.4, -0.2) is 23.3 Å². The molecule has 3 nitrogen and oxygen atoms in total. The summed E-state index contributed by atoms with van der Waals surface area (Å²) in [6.07, 6.45) is 19.2. The summed E-state index contributed by atoms with van der Waals surface area (Å²) in [5, 5.41) is 0. The van der Waals surface area contributed by atoms with Gasteiger partial charge in [-0.15, -0.1) is 0 Å². The minimum absolute atomic E-state index is 0.142. The third-order valence-corrected chi connectivity index (χ3v) is 6.26. The van der Waals surface area contributed by atoms with Crippen LogP contribution in [-0.2, 0) is 9.59 Å². The van der Waals surface area contributed by atoms with Gasteiger partial charge in [-0.05, 0) is 49.4 Å². The number of rotatable bonds is 10. The van der Waals surface area contributed by atoms with Crippen molar-refractivity contribution in [3.8, 4) is 0 Å². The molecule has 3 rings (SSSR count). The van der Waals surface area contributed by atoms with Crippen LogP contribution >= 0.6 is 0 Å². The van der Waals surface area contributed by atoms with E-state index in [4.69, 9.17) is 0 Å². The molecule has 2 bridgehead atoms. The van der Waals surface area contributed by atoms with Crippen LogP contribution in [0.15, 0.2) is 24.3 Å². The van der Waals surface area contributed by atoms with Crippen LogP contribution in [0.25, 0.3) is 0 Å². The van der Waals surface area contributed by atoms with Gasteiger partial charge in [0.1, 0.15) is 0 Å². The van der Waals surface area contributed by atoms with Crippen molar-refractivity contribution in [1.29, 1.82) is 0 Å². The second kappa shape index (κ2) is 8.13. The number of carbonyl (C=O) groups excluding carboxylic acids is 2. The predicted octanol–water partition coefficient (Wildman–Crippen LogP) is 4.49. The van der Waals surface area contributed by atoms with Gasteiger partial charge in [-0.25, -0.2) is 0 Å². The molecule has 1 aliphatic heterocycles. The topological polar surface area (TPSA) is 37.4 Å². The van der Waals surface area contributed by atoms with Crippen molar-refractivity contribution in [1.82, 2.24) is 4.90 Å². The van der Waals surface area contributed by atoms with Crippen molar-refractivity contribution < 1.29 is 9.59 Å². The lowest BCUT2D eigenvalue weighted by Crippen LogP contribution is -2.31. The highest BCUT2D eigenvalue weighted by Gasteiger charge is 2.43. The molecule has 0 aromatic carbocycles. The van der Waals surface area contributed by atoms with Crippen molar-refractivity contribution in [2.45, 2.75) is 64.7 Å². The number of fused-ring (bicyclic) bond motifs is 2. The first-order valence-electron chi connectivity index (χ1n) is 9.92. The largest absolute Gasteiger partial charge is 0.275 e. The molecule has 0 saturated heterocycles. The third kappa shape index (κ3) is 3.81. The quantitative estimate of drug-likeness (QED) is 0.336. The van der Waals surface area contributed by atoms with Crippen molar-refractivity contribution in [2.75, 3.05) is 6.54 Å². The molecule has 0 spiro atoms. The van der Waals surface area contributed by atoms with E-state index >= 15 is 0 Å².